The van der Waals surface area contributed by atoms with Gasteiger partial charge in [-0.25, -0.2) is 13.2 Å². The van der Waals surface area contributed by atoms with Crippen LogP contribution in [-0.2, 0) is 6.42 Å². The molecular weight excluding hydrogens is 285 g/mol. The molecule has 0 amide bonds. The Balaban J connectivity index is 2.30. The summed E-state index contributed by atoms with van der Waals surface area (Å²) < 4.78 is 40.3. The van der Waals surface area contributed by atoms with Crippen molar-refractivity contribution in [3.63, 3.8) is 0 Å². The van der Waals surface area contributed by atoms with Gasteiger partial charge >= 0.3 is 0 Å². The predicted molar refractivity (Wildman–Crippen MR) is 84.7 cm³/mol. The first-order chi connectivity index (χ1) is 10.5. The second kappa shape index (κ2) is 7.30. The fraction of sp³-hybridized carbons (Fsp3) is 0.263. The molecule has 0 aliphatic rings. The van der Waals surface area contributed by atoms with Gasteiger partial charge in [-0.3, -0.25) is 0 Å². The third kappa shape index (κ3) is 3.59. The monoisotopic (exact) mass is 304 g/mol. The topological polar surface area (TPSA) is 0 Å². The van der Waals surface area contributed by atoms with Gasteiger partial charge in [0, 0.05) is 5.56 Å². The Bertz CT molecular complexity index is 655. The van der Waals surface area contributed by atoms with E-state index >= 15 is 0 Å². The van der Waals surface area contributed by atoms with Crippen LogP contribution in [-0.4, -0.2) is 0 Å². The molecule has 3 heteroatoms. The highest BCUT2D eigenvalue weighted by Crippen LogP contribution is 2.32. The zero-order valence-electron chi connectivity index (χ0n) is 12.7. The Hall–Kier alpha value is -2.03. The van der Waals surface area contributed by atoms with Crippen molar-refractivity contribution in [1.29, 1.82) is 0 Å². The lowest BCUT2D eigenvalue weighted by atomic mass is 9.97. The Morgan fingerprint density at radius 1 is 1.05 bits per heavy atom. The van der Waals surface area contributed by atoms with Crippen LogP contribution in [0.3, 0.4) is 0 Å². The maximum Gasteiger partial charge on any atom is 0.266 e. The maximum absolute atomic E-state index is 14.3. The fourth-order valence-electron chi connectivity index (χ4n) is 2.45. The van der Waals surface area contributed by atoms with Crippen molar-refractivity contribution in [2.75, 3.05) is 0 Å². The van der Waals surface area contributed by atoms with Crippen LogP contribution >= 0.6 is 0 Å². The first-order valence-corrected chi connectivity index (χ1v) is 7.32. The Labute approximate surface area is 129 Å². The van der Waals surface area contributed by atoms with Crippen molar-refractivity contribution in [1.82, 2.24) is 0 Å². The quantitative estimate of drug-likeness (QED) is 0.573. The summed E-state index contributed by atoms with van der Waals surface area (Å²) in [5, 5.41) is 0. The predicted octanol–water partition coefficient (Wildman–Crippen LogP) is 6.25. The molecule has 116 valence electrons. The van der Waals surface area contributed by atoms with Gasteiger partial charge in [-0.05, 0) is 43.4 Å². The normalized spacial score (nSPS) is 11.5. The molecule has 0 aromatic heterocycles. The van der Waals surface area contributed by atoms with E-state index < -0.39 is 17.8 Å². The minimum atomic E-state index is -2.81. The van der Waals surface area contributed by atoms with E-state index in [0.29, 0.717) is 5.56 Å². The van der Waals surface area contributed by atoms with Crippen LogP contribution in [0.5, 0.6) is 0 Å². The number of alkyl halides is 2. The third-order valence-corrected chi connectivity index (χ3v) is 3.72. The molecule has 0 spiro atoms. The van der Waals surface area contributed by atoms with Crippen molar-refractivity contribution in [2.24, 2.45) is 0 Å². The van der Waals surface area contributed by atoms with E-state index in [2.05, 4.69) is 6.08 Å². The molecule has 0 bridgehead atoms. The molecule has 2 aromatic carbocycles. The van der Waals surface area contributed by atoms with E-state index in [4.69, 9.17) is 0 Å². The molecule has 2 rings (SSSR count). The molecule has 0 nitrogen and oxygen atoms in total. The molecule has 22 heavy (non-hydrogen) atoms. The molecule has 0 unspecified atom stereocenters. The van der Waals surface area contributed by atoms with Gasteiger partial charge in [0.25, 0.3) is 6.43 Å². The van der Waals surface area contributed by atoms with Crippen molar-refractivity contribution in [2.45, 2.75) is 33.1 Å². The van der Waals surface area contributed by atoms with Crippen LogP contribution < -0.4 is 0 Å². The minimum absolute atomic E-state index is 0.223. The number of aryl methyl sites for hydroxylation is 2. The minimum Gasteiger partial charge on any atom is -0.206 e. The Morgan fingerprint density at radius 2 is 1.73 bits per heavy atom. The summed E-state index contributed by atoms with van der Waals surface area (Å²) in [7, 11) is 0. The number of halogens is 3. The summed E-state index contributed by atoms with van der Waals surface area (Å²) in [6, 6.07) is 10.5. The van der Waals surface area contributed by atoms with Gasteiger partial charge in [0.1, 0.15) is 5.82 Å². The summed E-state index contributed by atoms with van der Waals surface area (Å²) in [5.41, 5.74) is 1.76. The average molecular weight is 304 g/mol. The van der Waals surface area contributed by atoms with Crippen molar-refractivity contribution < 1.29 is 13.2 Å². The van der Waals surface area contributed by atoms with Crippen LogP contribution in [0.1, 0.15) is 36.5 Å². The molecule has 0 radical (unpaired) electrons. The van der Waals surface area contributed by atoms with E-state index in [9.17, 15) is 13.2 Å². The van der Waals surface area contributed by atoms with Crippen LogP contribution in [0, 0.1) is 12.7 Å². The molecule has 0 heterocycles. The SMILES string of the molecule is C/C=C/CCc1ccc(-c2ccc(C)c(C(F)F)c2F)cc1. The number of benzene rings is 2. The summed E-state index contributed by atoms with van der Waals surface area (Å²) in [6.07, 6.45) is 3.14. The van der Waals surface area contributed by atoms with E-state index in [1.807, 2.05) is 25.1 Å². The smallest absolute Gasteiger partial charge is 0.206 e. The fourth-order valence-corrected chi connectivity index (χ4v) is 2.45. The number of hydrogen-bond acceptors (Lipinski definition) is 0. The molecule has 0 fully saturated rings. The van der Waals surface area contributed by atoms with Gasteiger partial charge in [0.15, 0.2) is 0 Å². The van der Waals surface area contributed by atoms with Crippen LogP contribution in [0.4, 0.5) is 13.2 Å². The summed E-state index contributed by atoms with van der Waals surface area (Å²) in [4.78, 5) is 0. The van der Waals surface area contributed by atoms with Crippen molar-refractivity contribution in [3.8, 4) is 11.1 Å². The van der Waals surface area contributed by atoms with Crippen LogP contribution in [0.2, 0.25) is 0 Å². The van der Waals surface area contributed by atoms with Gasteiger partial charge in [0.05, 0.1) is 5.56 Å². The van der Waals surface area contributed by atoms with Gasteiger partial charge in [-0.15, -0.1) is 0 Å². The van der Waals surface area contributed by atoms with Crippen molar-refractivity contribution >= 4 is 0 Å². The zero-order chi connectivity index (χ0) is 16.1. The van der Waals surface area contributed by atoms with Gasteiger partial charge < -0.3 is 0 Å². The second-order valence-electron chi connectivity index (χ2n) is 5.26. The lowest BCUT2D eigenvalue weighted by molar-refractivity contribution is 0.145. The largest absolute Gasteiger partial charge is 0.266 e. The zero-order valence-corrected chi connectivity index (χ0v) is 12.7. The van der Waals surface area contributed by atoms with E-state index in [0.717, 1.165) is 18.4 Å². The lowest BCUT2D eigenvalue weighted by Crippen LogP contribution is -1.98. The maximum atomic E-state index is 14.3. The average Bonchev–Trinajstić information content (AvgIpc) is 2.48. The number of allylic oxidation sites excluding steroid dienone is 2. The highest BCUT2D eigenvalue weighted by atomic mass is 19.3. The summed E-state index contributed by atoms with van der Waals surface area (Å²) in [6.45, 7) is 3.47. The second-order valence-corrected chi connectivity index (χ2v) is 5.26. The molecule has 0 atom stereocenters. The molecule has 0 aliphatic carbocycles. The Morgan fingerprint density at radius 3 is 2.32 bits per heavy atom. The lowest BCUT2D eigenvalue weighted by Gasteiger charge is -2.11. The molecular formula is C19H19F3. The molecule has 0 N–H and O–H groups in total. The summed E-state index contributed by atoms with van der Waals surface area (Å²) in [5.74, 6) is -0.823. The van der Waals surface area contributed by atoms with Gasteiger partial charge in [0.2, 0.25) is 0 Å². The van der Waals surface area contributed by atoms with Crippen LogP contribution in [0.15, 0.2) is 48.6 Å². The molecule has 0 saturated carbocycles. The molecule has 0 saturated heterocycles. The van der Waals surface area contributed by atoms with Gasteiger partial charge in [-0.2, -0.15) is 0 Å². The van der Waals surface area contributed by atoms with Crippen molar-refractivity contribution in [3.05, 3.63) is 71.1 Å². The van der Waals surface area contributed by atoms with E-state index in [1.54, 1.807) is 24.3 Å². The summed E-state index contributed by atoms with van der Waals surface area (Å²) >= 11 is 0. The standard InChI is InChI=1S/C19H19F3/c1-3-4-5-6-14-8-10-15(11-9-14)16-12-7-13(2)17(18(16)20)19(21)22/h3-4,7-12,19H,5-6H2,1-2H3/b4-3+. The third-order valence-electron chi connectivity index (χ3n) is 3.72. The number of rotatable bonds is 5. The van der Waals surface area contributed by atoms with Gasteiger partial charge in [-0.1, -0.05) is 48.6 Å². The first-order valence-electron chi connectivity index (χ1n) is 7.32. The highest BCUT2D eigenvalue weighted by molar-refractivity contribution is 5.66. The number of hydrogen-bond donors (Lipinski definition) is 0. The Kier molecular flexibility index (Phi) is 5.42. The van der Waals surface area contributed by atoms with Crippen LogP contribution in [0.25, 0.3) is 11.1 Å². The highest BCUT2D eigenvalue weighted by Gasteiger charge is 2.19. The van der Waals surface area contributed by atoms with E-state index in [-0.39, 0.29) is 11.1 Å². The molecule has 0 aliphatic heterocycles. The molecule has 2 aromatic rings. The van der Waals surface area contributed by atoms with E-state index in [1.165, 1.54) is 6.92 Å². The first kappa shape index (κ1) is 16.3.